The van der Waals surface area contributed by atoms with Crippen LogP contribution < -0.4 is 0 Å². The molecule has 10 aromatic carbocycles. The van der Waals surface area contributed by atoms with E-state index in [1.54, 1.807) is 0 Å². The average molecular weight is 882 g/mol. The molecular formula is C63H39N5O. The van der Waals surface area contributed by atoms with Gasteiger partial charge in [0.25, 0.3) is 0 Å². The van der Waals surface area contributed by atoms with E-state index in [9.17, 15) is 0 Å². The number of benzene rings is 10. The number of hydrogen-bond donors (Lipinski definition) is 0. The lowest BCUT2D eigenvalue weighted by molar-refractivity contribution is 0.669. The van der Waals surface area contributed by atoms with Crippen molar-refractivity contribution in [3.8, 4) is 67.8 Å². The molecule has 0 radical (unpaired) electrons. The third-order valence-corrected chi connectivity index (χ3v) is 13.6. The Hall–Kier alpha value is -9.39. The van der Waals surface area contributed by atoms with Crippen LogP contribution in [0.1, 0.15) is 0 Å². The van der Waals surface area contributed by atoms with Gasteiger partial charge >= 0.3 is 0 Å². The van der Waals surface area contributed by atoms with Gasteiger partial charge in [-0.25, -0.2) is 4.98 Å². The summed E-state index contributed by atoms with van der Waals surface area (Å²) in [4.78, 5) is 16.3. The summed E-state index contributed by atoms with van der Waals surface area (Å²) in [5.74, 6) is 1.60. The quantitative estimate of drug-likeness (QED) is 0.160. The lowest BCUT2D eigenvalue weighted by atomic mass is 9.99. The highest BCUT2D eigenvalue weighted by atomic mass is 16.3. The molecule has 0 aliphatic heterocycles. The van der Waals surface area contributed by atoms with Gasteiger partial charge in [0.05, 0.1) is 27.6 Å². The lowest BCUT2D eigenvalue weighted by Crippen LogP contribution is -2.06. The molecule has 69 heavy (non-hydrogen) atoms. The summed E-state index contributed by atoms with van der Waals surface area (Å²) in [5, 5.41) is 6.54. The van der Waals surface area contributed by atoms with E-state index in [1.807, 2.05) is 18.2 Å². The summed E-state index contributed by atoms with van der Waals surface area (Å²) >= 11 is 0. The fourth-order valence-electron chi connectivity index (χ4n) is 10.5. The van der Waals surface area contributed by atoms with Gasteiger partial charge in [0.2, 0.25) is 5.95 Å². The molecule has 0 aliphatic carbocycles. The molecule has 0 spiro atoms. The number of para-hydroxylation sites is 3. The van der Waals surface area contributed by atoms with E-state index in [0.29, 0.717) is 17.6 Å². The zero-order valence-corrected chi connectivity index (χ0v) is 37.2. The summed E-state index contributed by atoms with van der Waals surface area (Å²) in [7, 11) is 0. The molecule has 4 aromatic heterocycles. The van der Waals surface area contributed by atoms with Crippen molar-refractivity contribution in [2.75, 3.05) is 0 Å². The Labute approximate surface area is 396 Å². The molecule has 0 unspecified atom stereocenters. The lowest BCUT2D eigenvalue weighted by Gasteiger charge is -2.12. The first-order valence-electron chi connectivity index (χ1n) is 23.3. The molecule has 6 heteroatoms. The van der Waals surface area contributed by atoms with Crippen LogP contribution in [-0.2, 0) is 0 Å². The molecule has 6 nitrogen and oxygen atoms in total. The van der Waals surface area contributed by atoms with E-state index in [1.165, 1.54) is 5.56 Å². The van der Waals surface area contributed by atoms with Gasteiger partial charge in [-0.3, -0.25) is 4.57 Å². The molecule has 0 aliphatic rings. The van der Waals surface area contributed by atoms with Gasteiger partial charge in [-0.05, 0) is 75.8 Å². The molecule has 0 atom stereocenters. The monoisotopic (exact) mass is 881 g/mol. The summed E-state index contributed by atoms with van der Waals surface area (Å²) in [5.41, 5.74) is 15.3. The second kappa shape index (κ2) is 15.6. The van der Waals surface area contributed by atoms with Crippen LogP contribution in [0.15, 0.2) is 241 Å². The van der Waals surface area contributed by atoms with E-state index >= 15 is 0 Å². The van der Waals surface area contributed by atoms with Gasteiger partial charge in [-0.15, -0.1) is 0 Å². The molecule has 0 bridgehead atoms. The highest BCUT2D eigenvalue weighted by Gasteiger charge is 2.25. The van der Waals surface area contributed by atoms with Gasteiger partial charge in [-0.1, -0.05) is 194 Å². The maximum Gasteiger partial charge on any atom is 0.238 e. The Bertz CT molecular complexity index is 4280. The van der Waals surface area contributed by atoms with Crippen LogP contribution in [-0.4, -0.2) is 24.1 Å². The SMILES string of the molecule is c1ccc(-c2ccc(-c3nc(-c4cccc5c4oc4cccc(-c6ccccc6)c45)nc(-n4c5ccccc5c5ccc6c(c7ccccc7n6-c6cccc(-c7ccccc7)c6)c54)n3)cc2)cc1. The molecule has 0 saturated carbocycles. The van der Waals surface area contributed by atoms with E-state index in [2.05, 4.69) is 228 Å². The molecule has 0 N–H and O–H groups in total. The summed E-state index contributed by atoms with van der Waals surface area (Å²) in [6.45, 7) is 0. The van der Waals surface area contributed by atoms with Crippen molar-refractivity contribution in [2.45, 2.75) is 0 Å². The van der Waals surface area contributed by atoms with Crippen molar-refractivity contribution in [3.05, 3.63) is 237 Å². The predicted molar refractivity (Wildman–Crippen MR) is 283 cm³/mol. The van der Waals surface area contributed by atoms with Crippen molar-refractivity contribution < 1.29 is 4.42 Å². The van der Waals surface area contributed by atoms with Crippen LogP contribution in [0.4, 0.5) is 0 Å². The van der Waals surface area contributed by atoms with Crippen LogP contribution in [0.25, 0.3) is 133 Å². The second-order valence-electron chi connectivity index (χ2n) is 17.5. The molecule has 322 valence electrons. The van der Waals surface area contributed by atoms with Crippen LogP contribution in [0.3, 0.4) is 0 Å². The normalized spacial score (nSPS) is 11.8. The number of fused-ring (bicyclic) bond motifs is 10. The largest absolute Gasteiger partial charge is 0.455 e. The minimum atomic E-state index is 0.516. The van der Waals surface area contributed by atoms with Crippen LogP contribution in [0.5, 0.6) is 0 Å². The molecule has 14 aromatic rings. The minimum absolute atomic E-state index is 0.516. The smallest absolute Gasteiger partial charge is 0.238 e. The Morgan fingerprint density at radius 3 is 1.65 bits per heavy atom. The van der Waals surface area contributed by atoms with Gasteiger partial charge in [0.1, 0.15) is 11.2 Å². The highest BCUT2D eigenvalue weighted by Crippen LogP contribution is 2.44. The standard InChI is InChI=1S/C63H39N5O/c1-4-17-40(18-5-1)42-33-35-44(36-34-42)61-64-62(52-29-15-28-51-57-47(43-21-8-3-9-22-43)27-16-32-56(57)69-60(51)52)66-63(65-61)68-53-30-12-10-25-48(53)49-37-38-55-58(59(49)68)50-26-11-13-31-54(50)67(55)46-24-14-23-45(39-46)41-19-6-2-7-20-41/h1-39H. The second-order valence-corrected chi connectivity index (χ2v) is 17.5. The minimum Gasteiger partial charge on any atom is -0.455 e. The van der Waals surface area contributed by atoms with Crippen molar-refractivity contribution in [1.29, 1.82) is 0 Å². The number of rotatable bonds is 7. The third-order valence-electron chi connectivity index (χ3n) is 13.6. The van der Waals surface area contributed by atoms with Gasteiger partial charge in [0, 0.05) is 43.6 Å². The van der Waals surface area contributed by atoms with Gasteiger partial charge < -0.3 is 8.98 Å². The molecule has 4 heterocycles. The zero-order valence-electron chi connectivity index (χ0n) is 37.2. The van der Waals surface area contributed by atoms with E-state index in [-0.39, 0.29) is 0 Å². The third kappa shape index (κ3) is 6.23. The Morgan fingerprint density at radius 1 is 0.319 bits per heavy atom. The molecule has 14 rings (SSSR count). The van der Waals surface area contributed by atoms with E-state index < -0.39 is 0 Å². The summed E-state index contributed by atoms with van der Waals surface area (Å²) < 4.78 is 11.5. The van der Waals surface area contributed by atoms with Crippen LogP contribution in [0.2, 0.25) is 0 Å². The predicted octanol–water partition coefficient (Wildman–Crippen LogP) is 16.3. The van der Waals surface area contributed by atoms with Crippen molar-refractivity contribution >= 4 is 65.6 Å². The van der Waals surface area contributed by atoms with Crippen LogP contribution in [0, 0.1) is 0 Å². The Morgan fingerprint density at radius 2 is 0.884 bits per heavy atom. The Balaban J connectivity index is 1.05. The van der Waals surface area contributed by atoms with Crippen molar-refractivity contribution in [3.63, 3.8) is 0 Å². The maximum atomic E-state index is 6.86. The van der Waals surface area contributed by atoms with E-state index in [4.69, 9.17) is 19.4 Å². The summed E-state index contributed by atoms with van der Waals surface area (Å²) in [6, 6.07) is 83.2. The van der Waals surface area contributed by atoms with Crippen LogP contribution >= 0.6 is 0 Å². The van der Waals surface area contributed by atoms with Crippen molar-refractivity contribution in [1.82, 2.24) is 24.1 Å². The highest BCUT2D eigenvalue weighted by molar-refractivity contribution is 6.26. The van der Waals surface area contributed by atoms with Crippen molar-refractivity contribution in [2.24, 2.45) is 0 Å². The molecule has 0 fully saturated rings. The fraction of sp³-hybridized carbons (Fsp3) is 0. The molecular weight excluding hydrogens is 843 g/mol. The van der Waals surface area contributed by atoms with Gasteiger partial charge in [0.15, 0.2) is 11.6 Å². The number of hydrogen-bond acceptors (Lipinski definition) is 4. The number of aromatic nitrogens is 5. The summed E-state index contributed by atoms with van der Waals surface area (Å²) in [6.07, 6.45) is 0. The topological polar surface area (TPSA) is 61.7 Å². The number of furan rings is 1. The Kier molecular flexibility index (Phi) is 8.79. The first kappa shape index (κ1) is 38.8. The number of nitrogens with zero attached hydrogens (tertiary/aromatic N) is 5. The molecule has 0 saturated heterocycles. The fourth-order valence-corrected chi connectivity index (χ4v) is 10.5. The van der Waals surface area contributed by atoms with Gasteiger partial charge in [-0.2, -0.15) is 9.97 Å². The first-order chi connectivity index (χ1) is 34.2. The maximum absolute atomic E-state index is 6.86. The van der Waals surface area contributed by atoms with E-state index in [0.717, 1.165) is 110 Å². The molecule has 0 amide bonds. The first-order valence-corrected chi connectivity index (χ1v) is 23.3. The zero-order chi connectivity index (χ0) is 45.4. The average Bonchev–Trinajstić information content (AvgIpc) is 4.10.